The summed E-state index contributed by atoms with van der Waals surface area (Å²) in [5.74, 6) is -0.404. The van der Waals surface area contributed by atoms with E-state index in [4.69, 9.17) is 4.74 Å². The molecule has 2 nitrogen and oxygen atoms in total. The Bertz CT molecular complexity index is 420. The van der Waals surface area contributed by atoms with Crippen molar-refractivity contribution in [1.29, 1.82) is 0 Å². The zero-order valence-electron chi connectivity index (χ0n) is 11.6. The molecule has 0 fully saturated rings. The first kappa shape index (κ1) is 16.8. The highest BCUT2D eigenvalue weighted by atomic mass is 19.4. The maximum Gasteiger partial charge on any atom is 0.389 e. The number of nitrogens with one attached hydrogen (secondary N) is 1. The number of hydrogen-bond donors (Lipinski definition) is 1. The second-order valence-electron chi connectivity index (χ2n) is 4.55. The van der Waals surface area contributed by atoms with Gasteiger partial charge in [-0.05, 0) is 31.0 Å². The van der Waals surface area contributed by atoms with Crippen LogP contribution in [0.4, 0.5) is 17.6 Å². The summed E-state index contributed by atoms with van der Waals surface area (Å²) in [6.45, 7) is 2.34. The van der Waals surface area contributed by atoms with Gasteiger partial charge in [0.2, 0.25) is 0 Å². The van der Waals surface area contributed by atoms with Gasteiger partial charge >= 0.3 is 6.18 Å². The normalized spacial score (nSPS) is 13.3. The summed E-state index contributed by atoms with van der Waals surface area (Å²) in [4.78, 5) is 0. The van der Waals surface area contributed by atoms with Crippen molar-refractivity contribution in [3.63, 3.8) is 0 Å². The van der Waals surface area contributed by atoms with Crippen molar-refractivity contribution in [1.82, 2.24) is 5.32 Å². The molecule has 1 unspecified atom stereocenters. The van der Waals surface area contributed by atoms with E-state index in [0.717, 1.165) is 0 Å². The number of hydrogen-bond acceptors (Lipinski definition) is 2. The molecule has 0 amide bonds. The van der Waals surface area contributed by atoms with Gasteiger partial charge in [0.05, 0.1) is 7.11 Å². The molecular weight excluding hydrogens is 274 g/mol. The van der Waals surface area contributed by atoms with Crippen LogP contribution in [0.25, 0.3) is 0 Å². The Morgan fingerprint density at radius 2 is 2.00 bits per heavy atom. The fraction of sp³-hybridized carbons (Fsp3) is 0.571. The van der Waals surface area contributed by atoms with Gasteiger partial charge in [0.15, 0.2) is 11.6 Å². The van der Waals surface area contributed by atoms with Crippen LogP contribution in [0.2, 0.25) is 0 Å². The average molecular weight is 293 g/mol. The highest BCUT2D eigenvalue weighted by Gasteiger charge is 2.28. The zero-order chi connectivity index (χ0) is 15.2. The lowest BCUT2D eigenvalue weighted by Crippen LogP contribution is -2.32. The molecule has 0 aliphatic heterocycles. The maximum atomic E-state index is 14.0. The Hall–Kier alpha value is -1.30. The summed E-state index contributed by atoms with van der Waals surface area (Å²) in [6, 6.07) is 4.26. The van der Waals surface area contributed by atoms with E-state index >= 15 is 0 Å². The lowest BCUT2D eigenvalue weighted by Gasteiger charge is -2.19. The third-order valence-electron chi connectivity index (χ3n) is 3.00. The van der Waals surface area contributed by atoms with E-state index < -0.39 is 24.5 Å². The van der Waals surface area contributed by atoms with Crippen molar-refractivity contribution in [2.75, 3.05) is 13.7 Å². The molecule has 1 N–H and O–H groups in total. The molecule has 1 aromatic rings. The third kappa shape index (κ3) is 5.36. The second-order valence-corrected chi connectivity index (χ2v) is 4.55. The van der Waals surface area contributed by atoms with Crippen LogP contribution < -0.4 is 10.1 Å². The second kappa shape index (κ2) is 7.47. The highest BCUT2D eigenvalue weighted by molar-refractivity contribution is 5.31. The van der Waals surface area contributed by atoms with Crippen molar-refractivity contribution in [2.24, 2.45) is 0 Å². The Morgan fingerprint density at radius 3 is 2.55 bits per heavy atom. The lowest BCUT2D eigenvalue weighted by atomic mass is 10.0. The van der Waals surface area contributed by atoms with Gasteiger partial charge in [0.25, 0.3) is 0 Å². The monoisotopic (exact) mass is 293 g/mol. The molecule has 0 radical (unpaired) electrons. The van der Waals surface area contributed by atoms with Crippen LogP contribution in [0.5, 0.6) is 5.75 Å². The summed E-state index contributed by atoms with van der Waals surface area (Å²) in [5.41, 5.74) is 0.359. The van der Waals surface area contributed by atoms with Crippen LogP contribution in [0, 0.1) is 5.82 Å². The average Bonchev–Trinajstić information content (AvgIpc) is 2.37. The van der Waals surface area contributed by atoms with E-state index in [0.29, 0.717) is 12.1 Å². The van der Waals surface area contributed by atoms with Crippen molar-refractivity contribution in [3.8, 4) is 5.75 Å². The summed E-state index contributed by atoms with van der Waals surface area (Å²) >= 11 is 0. The van der Waals surface area contributed by atoms with Crippen molar-refractivity contribution in [2.45, 2.75) is 38.4 Å². The minimum atomic E-state index is -4.19. The van der Waals surface area contributed by atoms with Crippen LogP contribution >= 0.6 is 0 Å². The summed E-state index contributed by atoms with van der Waals surface area (Å²) in [7, 11) is 1.35. The third-order valence-corrected chi connectivity index (χ3v) is 3.00. The quantitative estimate of drug-likeness (QED) is 0.774. The number of likely N-dealkylation sites (N-methyl/N-ethyl adjacent to an activating group) is 1. The van der Waals surface area contributed by atoms with Gasteiger partial charge in [-0.3, -0.25) is 0 Å². The Labute approximate surface area is 116 Å². The van der Waals surface area contributed by atoms with Crippen molar-refractivity contribution < 1.29 is 22.3 Å². The van der Waals surface area contributed by atoms with E-state index in [1.54, 1.807) is 12.1 Å². The Kier molecular flexibility index (Phi) is 6.26. The van der Waals surface area contributed by atoms with Gasteiger partial charge in [-0.25, -0.2) is 4.39 Å². The minimum absolute atomic E-state index is 0.0754. The van der Waals surface area contributed by atoms with Gasteiger partial charge in [-0.15, -0.1) is 0 Å². The number of benzene rings is 1. The molecule has 0 aliphatic rings. The molecule has 114 valence electrons. The summed E-state index contributed by atoms with van der Waals surface area (Å²) < 4.78 is 55.7. The molecule has 0 aromatic heterocycles. The highest BCUT2D eigenvalue weighted by Crippen LogP contribution is 2.25. The number of ether oxygens (including phenoxy) is 1. The molecule has 0 saturated carbocycles. The molecule has 1 rings (SSSR count). The van der Waals surface area contributed by atoms with Crippen LogP contribution in [-0.2, 0) is 6.42 Å². The van der Waals surface area contributed by atoms with E-state index in [9.17, 15) is 17.6 Å². The number of methoxy groups -OCH3 is 1. The predicted molar refractivity (Wildman–Crippen MR) is 69.4 cm³/mol. The van der Waals surface area contributed by atoms with Crippen LogP contribution in [-0.4, -0.2) is 25.9 Å². The molecule has 0 aliphatic carbocycles. The van der Waals surface area contributed by atoms with Gasteiger partial charge in [0.1, 0.15) is 0 Å². The van der Waals surface area contributed by atoms with Crippen molar-refractivity contribution in [3.05, 3.63) is 29.6 Å². The Balaban J connectivity index is 2.75. The van der Waals surface area contributed by atoms with Crippen LogP contribution in [0.1, 0.15) is 25.3 Å². The van der Waals surface area contributed by atoms with E-state index in [-0.39, 0.29) is 18.6 Å². The lowest BCUT2D eigenvalue weighted by molar-refractivity contribution is -0.136. The molecular formula is C14H19F4NO. The number of alkyl halides is 3. The van der Waals surface area contributed by atoms with E-state index in [1.165, 1.54) is 13.2 Å². The largest absolute Gasteiger partial charge is 0.494 e. The predicted octanol–water partition coefficient (Wildman–Crippen LogP) is 3.70. The topological polar surface area (TPSA) is 21.3 Å². The van der Waals surface area contributed by atoms with E-state index in [1.807, 2.05) is 6.92 Å². The van der Waals surface area contributed by atoms with Gasteiger partial charge in [-0.2, -0.15) is 13.2 Å². The summed E-state index contributed by atoms with van der Waals surface area (Å²) in [5, 5.41) is 2.96. The van der Waals surface area contributed by atoms with Crippen LogP contribution in [0.3, 0.4) is 0 Å². The molecule has 1 aromatic carbocycles. The fourth-order valence-electron chi connectivity index (χ4n) is 2.04. The fourth-order valence-corrected chi connectivity index (χ4v) is 2.04. The van der Waals surface area contributed by atoms with Gasteiger partial charge < -0.3 is 10.1 Å². The van der Waals surface area contributed by atoms with Gasteiger partial charge in [-0.1, -0.05) is 19.1 Å². The summed E-state index contributed by atoms with van der Waals surface area (Å²) in [6.07, 6.45) is -4.95. The standard InChI is InChI=1S/C14H19F4NO/c1-3-19-11(7-8-14(16,17)18)9-10-5-4-6-12(20-2)13(10)15/h4-6,11,19H,3,7-9H2,1-2H3. The molecule has 0 spiro atoms. The zero-order valence-corrected chi connectivity index (χ0v) is 11.6. The molecule has 20 heavy (non-hydrogen) atoms. The van der Waals surface area contributed by atoms with Crippen molar-refractivity contribution >= 4 is 0 Å². The Morgan fingerprint density at radius 1 is 1.30 bits per heavy atom. The number of rotatable bonds is 7. The molecule has 0 heterocycles. The first-order chi connectivity index (χ1) is 9.37. The first-order valence-corrected chi connectivity index (χ1v) is 6.49. The first-order valence-electron chi connectivity index (χ1n) is 6.49. The molecule has 0 bridgehead atoms. The SMILES string of the molecule is CCNC(CCC(F)(F)F)Cc1cccc(OC)c1F. The molecule has 0 saturated heterocycles. The maximum absolute atomic E-state index is 14.0. The molecule has 6 heteroatoms. The molecule has 1 atom stereocenters. The number of halogens is 4. The minimum Gasteiger partial charge on any atom is -0.494 e. The van der Waals surface area contributed by atoms with E-state index in [2.05, 4.69) is 5.32 Å². The van der Waals surface area contributed by atoms with Crippen LogP contribution in [0.15, 0.2) is 18.2 Å². The smallest absolute Gasteiger partial charge is 0.389 e. The van der Waals surface area contributed by atoms with Gasteiger partial charge in [0, 0.05) is 12.5 Å².